The molecule has 0 saturated carbocycles. The molecule has 0 N–H and O–H groups in total. The second-order valence-electron chi connectivity index (χ2n) is 3.38. The van der Waals surface area contributed by atoms with Gasteiger partial charge < -0.3 is 4.57 Å². The van der Waals surface area contributed by atoms with Gasteiger partial charge >= 0.3 is 0 Å². The van der Waals surface area contributed by atoms with Crippen LogP contribution in [0.15, 0.2) is 11.5 Å². The number of aromatic nitrogens is 3. The maximum absolute atomic E-state index is 11.4. The van der Waals surface area contributed by atoms with E-state index < -0.39 is 0 Å². The molecule has 0 bridgehead atoms. The molecule has 84 valence electrons. The summed E-state index contributed by atoms with van der Waals surface area (Å²) in [6, 6.07) is 0. The Morgan fingerprint density at radius 3 is 2.93 bits per heavy atom. The lowest BCUT2D eigenvalue weighted by Crippen LogP contribution is -2.00. The number of hydrogen-bond acceptors (Lipinski definition) is 4. The van der Waals surface area contributed by atoms with Crippen molar-refractivity contribution in [2.75, 3.05) is 0 Å². The zero-order chi connectivity index (χ0) is 11.1. The molecule has 1 heterocycles. The van der Waals surface area contributed by atoms with E-state index in [0.29, 0.717) is 6.42 Å². The summed E-state index contributed by atoms with van der Waals surface area (Å²) >= 11 is 1.20. The van der Waals surface area contributed by atoms with Crippen molar-refractivity contribution in [3.8, 4) is 0 Å². The number of unbranched alkanes of at least 4 members (excludes halogenated alkanes) is 1. The summed E-state index contributed by atoms with van der Waals surface area (Å²) < 4.78 is 1.95. The van der Waals surface area contributed by atoms with Gasteiger partial charge in [0, 0.05) is 13.0 Å². The number of carbonyl (C=O) groups excluding carboxylic acids is 1. The number of hydrogen-bond donors (Lipinski definition) is 0. The van der Waals surface area contributed by atoms with Crippen LogP contribution in [0.3, 0.4) is 0 Å². The smallest absolute Gasteiger partial charge is 0.198 e. The molecule has 1 aromatic heterocycles. The van der Waals surface area contributed by atoms with E-state index in [2.05, 4.69) is 17.1 Å². The molecule has 0 aliphatic heterocycles. The lowest BCUT2D eigenvalue weighted by atomic mass is 10.3. The quantitative estimate of drug-likeness (QED) is 0.701. The van der Waals surface area contributed by atoms with Crippen molar-refractivity contribution in [1.82, 2.24) is 14.8 Å². The number of aryl methyl sites for hydroxylation is 1. The highest BCUT2D eigenvalue weighted by Crippen LogP contribution is 2.18. The topological polar surface area (TPSA) is 47.8 Å². The summed E-state index contributed by atoms with van der Waals surface area (Å²) in [6.07, 6.45) is 5.40. The van der Waals surface area contributed by atoms with Crippen molar-refractivity contribution in [2.24, 2.45) is 0 Å². The largest absolute Gasteiger partial charge is 0.308 e. The maximum Gasteiger partial charge on any atom is 0.198 e. The van der Waals surface area contributed by atoms with Gasteiger partial charge in [-0.3, -0.25) is 4.79 Å². The summed E-state index contributed by atoms with van der Waals surface area (Å²) in [4.78, 5) is 11.4. The summed E-state index contributed by atoms with van der Waals surface area (Å²) in [7, 11) is 0. The number of thioether (sulfide) groups is 1. The van der Waals surface area contributed by atoms with Gasteiger partial charge in [-0.2, -0.15) is 0 Å². The predicted octanol–water partition coefficient (Wildman–Crippen LogP) is 2.50. The molecule has 0 atom stereocenters. The Bertz CT molecular complexity index is 311. The van der Waals surface area contributed by atoms with Gasteiger partial charge in [-0.05, 0) is 24.6 Å². The molecular weight excluding hydrogens is 210 g/mol. The van der Waals surface area contributed by atoms with Gasteiger partial charge in [-0.25, -0.2) is 0 Å². The molecule has 0 spiro atoms. The Balaban J connectivity index is 2.52. The van der Waals surface area contributed by atoms with E-state index in [1.807, 2.05) is 11.5 Å². The molecule has 0 radical (unpaired) electrons. The Morgan fingerprint density at radius 1 is 1.47 bits per heavy atom. The lowest BCUT2D eigenvalue weighted by molar-refractivity contribution is -0.111. The first-order valence-corrected chi connectivity index (χ1v) is 6.18. The number of rotatable bonds is 6. The molecule has 0 fully saturated rings. The molecule has 0 unspecified atom stereocenters. The van der Waals surface area contributed by atoms with Gasteiger partial charge in [0.2, 0.25) is 0 Å². The van der Waals surface area contributed by atoms with Crippen LogP contribution in [-0.2, 0) is 11.3 Å². The van der Waals surface area contributed by atoms with Crippen LogP contribution in [0.25, 0.3) is 0 Å². The van der Waals surface area contributed by atoms with Crippen molar-refractivity contribution in [1.29, 1.82) is 0 Å². The third-order valence-corrected chi connectivity index (χ3v) is 2.92. The van der Waals surface area contributed by atoms with Crippen LogP contribution in [0.1, 0.15) is 39.5 Å². The highest BCUT2D eigenvalue weighted by Gasteiger charge is 2.09. The van der Waals surface area contributed by atoms with Crippen LogP contribution in [0.4, 0.5) is 0 Å². The number of carbonyl (C=O) groups is 1. The fourth-order valence-corrected chi connectivity index (χ4v) is 2.02. The van der Waals surface area contributed by atoms with Crippen LogP contribution >= 0.6 is 11.8 Å². The lowest BCUT2D eigenvalue weighted by Gasteiger charge is -2.03. The average Bonchev–Trinajstić information content (AvgIpc) is 2.63. The molecular formula is C10H17N3OS. The van der Waals surface area contributed by atoms with E-state index in [9.17, 15) is 4.79 Å². The molecule has 0 saturated heterocycles. The van der Waals surface area contributed by atoms with E-state index in [-0.39, 0.29) is 5.12 Å². The SMILES string of the molecule is CCCCn1cnnc1SC(=O)CCC. The highest BCUT2D eigenvalue weighted by atomic mass is 32.2. The normalized spacial score (nSPS) is 10.5. The zero-order valence-corrected chi connectivity index (χ0v) is 10.1. The summed E-state index contributed by atoms with van der Waals surface area (Å²) in [6.45, 7) is 5.03. The molecule has 1 aromatic rings. The Hall–Kier alpha value is -0.840. The van der Waals surface area contributed by atoms with Crippen molar-refractivity contribution in [3.63, 3.8) is 0 Å². The minimum absolute atomic E-state index is 0.170. The second kappa shape index (κ2) is 6.61. The molecule has 0 amide bonds. The third-order valence-electron chi connectivity index (χ3n) is 1.99. The van der Waals surface area contributed by atoms with Crippen molar-refractivity contribution < 1.29 is 4.79 Å². The van der Waals surface area contributed by atoms with Crippen LogP contribution in [0.2, 0.25) is 0 Å². The third kappa shape index (κ3) is 4.03. The first-order chi connectivity index (χ1) is 7.27. The van der Waals surface area contributed by atoms with Gasteiger partial charge in [-0.15, -0.1) is 10.2 Å². The summed E-state index contributed by atoms with van der Waals surface area (Å²) in [5, 5.41) is 8.67. The van der Waals surface area contributed by atoms with E-state index in [1.54, 1.807) is 6.33 Å². The number of nitrogens with zero attached hydrogens (tertiary/aromatic N) is 3. The molecule has 15 heavy (non-hydrogen) atoms. The van der Waals surface area contributed by atoms with Crippen molar-refractivity contribution >= 4 is 16.9 Å². The van der Waals surface area contributed by atoms with Crippen molar-refractivity contribution in [2.45, 2.75) is 51.2 Å². The summed E-state index contributed by atoms with van der Waals surface area (Å²) in [5.74, 6) is 0. The first kappa shape index (κ1) is 12.2. The molecule has 1 rings (SSSR count). The highest BCUT2D eigenvalue weighted by molar-refractivity contribution is 8.13. The van der Waals surface area contributed by atoms with E-state index in [4.69, 9.17) is 0 Å². The first-order valence-electron chi connectivity index (χ1n) is 5.36. The monoisotopic (exact) mass is 227 g/mol. The van der Waals surface area contributed by atoms with Gasteiger partial charge in [0.1, 0.15) is 6.33 Å². The van der Waals surface area contributed by atoms with Gasteiger partial charge in [-0.1, -0.05) is 20.3 Å². The Morgan fingerprint density at radius 2 is 2.27 bits per heavy atom. The van der Waals surface area contributed by atoms with Crippen LogP contribution in [0, 0.1) is 0 Å². The standard InChI is InChI=1S/C10H17N3OS/c1-3-5-7-13-8-11-12-10(13)15-9(14)6-4-2/h8H,3-7H2,1-2H3. The minimum Gasteiger partial charge on any atom is -0.308 e. The van der Waals surface area contributed by atoms with Gasteiger partial charge in [0.05, 0.1) is 0 Å². The Kier molecular flexibility index (Phi) is 5.39. The van der Waals surface area contributed by atoms with E-state index in [0.717, 1.165) is 31.0 Å². The van der Waals surface area contributed by atoms with Crippen molar-refractivity contribution in [3.05, 3.63) is 6.33 Å². The van der Waals surface area contributed by atoms with Gasteiger partial charge in [0.25, 0.3) is 0 Å². The van der Waals surface area contributed by atoms with Crippen LogP contribution in [-0.4, -0.2) is 19.9 Å². The molecule has 0 aromatic carbocycles. The fourth-order valence-electron chi connectivity index (χ4n) is 1.16. The molecule has 4 nitrogen and oxygen atoms in total. The van der Waals surface area contributed by atoms with Crippen LogP contribution < -0.4 is 0 Å². The van der Waals surface area contributed by atoms with Crippen LogP contribution in [0.5, 0.6) is 0 Å². The fraction of sp³-hybridized carbons (Fsp3) is 0.700. The summed E-state index contributed by atoms with van der Waals surface area (Å²) in [5.41, 5.74) is 0. The molecule has 5 heteroatoms. The Labute approximate surface area is 94.5 Å². The maximum atomic E-state index is 11.4. The minimum atomic E-state index is 0.170. The average molecular weight is 227 g/mol. The molecule has 0 aliphatic carbocycles. The second-order valence-corrected chi connectivity index (χ2v) is 4.41. The predicted molar refractivity (Wildman–Crippen MR) is 60.7 cm³/mol. The molecule has 0 aliphatic rings. The van der Waals surface area contributed by atoms with E-state index >= 15 is 0 Å². The van der Waals surface area contributed by atoms with E-state index in [1.165, 1.54) is 11.8 Å². The van der Waals surface area contributed by atoms with Gasteiger partial charge in [0.15, 0.2) is 10.3 Å². The zero-order valence-electron chi connectivity index (χ0n) is 9.27.